The number of nitrogens with one attached hydrogen (secondary N) is 3. The molecule has 3 N–H and O–H groups in total. The van der Waals surface area contributed by atoms with E-state index in [1.54, 1.807) is 31.2 Å². The molecular weight excluding hydrogens is 392 g/mol. The molecule has 2 heterocycles. The molecule has 0 aliphatic carbocycles. The summed E-state index contributed by atoms with van der Waals surface area (Å²) in [6, 6.07) is 8.24. The first-order chi connectivity index (χ1) is 13.5. The maximum atomic E-state index is 12.8. The van der Waals surface area contributed by atoms with Crippen molar-refractivity contribution in [1.29, 1.82) is 0 Å². The van der Waals surface area contributed by atoms with Crippen molar-refractivity contribution in [2.75, 3.05) is 26.2 Å². The normalized spacial score (nSPS) is 22.3. The number of benzene rings is 1. The molecule has 2 aliphatic heterocycles. The summed E-state index contributed by atoms with van der Waals surface area (Å²) in [6.07, 6.45) is 3.83. The van der Waals surface area contributed by atoms with Gasteiger partial charge in [-0.2, -0.15) is 0 Å². The first-order valence-corrected chi connectivity index (χ1v) is 10.2. The third-order valence-corrected chi connectivity index (χ3v) is 5.53. The standard InChI is InChI=1S/C21H30N4O3.ClH/c1-15(24-19(26)17-8-3-2-4-9-17)21(28)25-12-6-7-16(14-25)13-23-20(27)18-10-5-11-22-18;/h2-4,8-9,15-16,18,22H,5-7,10-14H2,1H3,(H,23,27)(H,24,26);1H. The molecule has 3 atom stereocenters. The topological polar surface area (TPSA) is 90.5 Å². The summed E-state index contributed by atoms with van der Waals surface area (Å²) >= 11 is 0. The summed E-state index contributed by atoms with van der Waals surface area (Å²) in [5.41, 5.74) is 0.543. The van der Waals surface area contributed by atoms with E-state index >= 15 is 0 Å². The number of hydrogen-bond donors (Lipinski definition) is 3. The number of halogens is 1. The van der Waals surface area contributed by atoms with E-state index in [1.807, 2.05) is 11.0 Å². The molecule has 3 rings (SSSR count). The van der Waals surface area contributed by atoms with Crippen LogP contribution in [0, 0.1) is 5.92 Å². The first kappa shape index (κ1) is 23.2. The Labute approximate surface area is 178 Å². The molecule has 160 valence electrons. The van der Waals surface area contributed by atoms with Crippen LogP contribution in [0.25, 0.3) is 0 Å². The minimum absolute atomic E-state index is 0. The fraction of sp³-hybridized carbons (Fsp3) is 0.571. The zero-order chi connectivity index (χ0) is 19.9. The first-order valence-electron chi connectivity index (χ1n) is 10.2. The highest BCUT2D eigenvalue weighted by Gasteiger charge is 2.29. The molecule has 3 amide bonds. The molecule has 0 saturated carbocycles. The molecule has 1 aromatic carbocycles. The SMILES string of the molecule is CC(NC(=O)c1ccccc1)C(=O)N1CCCC(CNC(=O)C2CCCN2)C1.Cl. The lowest BCUT2D eigenvalue weighted by Gasteiger charge is -2.34. The van der Waals surface area contributed by atoms with Crippen LogP contribution in [0.3, 0.4) is 0 Å². The van der Waals surface area contributed by atoms with Crippen LogP contribution in [0.4, 0.5) is 0 Å². The highest BCUT2D eigenvalue weighted by Crippen LogP contribution is 2.17. The number of rotatable bonds is 6. The van der Waals surface area contributed by atoms with Crippen molar-refractivity contribution in [3.63, 3.8) is 0 Å². The second-order valence-corrected chi connectivity index (χ2v) is 7.75. The summed E-state index contributed by atoms with van der Waals surface area (Å²) in [5.74, 6) is -0.00590. The van der Waals surface area contributed by atoms with Crippen LogP contribution < -0.4 is 16.0 Å². The lowest BCUT2D eigenvalue weighted by atomic mass is 9.97. The second kappa shape index (κ2) is 11.2. The second-order valence-electron chi connectivity index (χ2n) is 7.75. The van der Waals surface area contributed by atoms with Gasteiger partial charge in [-0.3, -0.25) is 14.4 Å². The van der Waals surface area contributed by atoms with Gasteiger partial charge >= 0.3 is 0 Å². The Morgan fingerprint density at radius 2 is 1.93 bits per heavy atom. The predicted molar refractivity (Wildman–Crippen MR) is 114 cm³/mol. The smallest absolute Gasteiger partial charge is 0.251 e. The Bertz CT molecular complexity index is 694. The highest BCUT2D eigenvalue weighted by molar-refractivity contribution is 5.97. The number of carbonyl (C=O) groups is 3. The largest absolute Gasteiger partial charge is 0.354 e. The molecule has 0 spiro atoms. The zero-order valence-electron chi connectivity index (χ0n) is 16.9. The fourth-order valence-electron chi connectivity index (χ4n) is 3.91. The van der Waals surface area contributed by atoms with Gasteiger partial charge in [0.15, 0.2) is 0 Å². The summed E-state index contributed by atoms with van der Waals surface area (Å²) in [5, 5.41) is 9.02. The number of amides is 3. The summed E-state index contributed by atoms with van der Waals surface area (Å²) in [4.78, 5) is 39.0. The van der Waals surface area contributed by atoms with Gasteiger partial charge in [-0.1, -0.05) is 18.2 Å². The van der Waals surface area contributed by atoms with Crippen LogP contribution in [0.2, 0.25) is 0 Å². The van der Waals surface area contributed by atoms with Crippen LogP contribution >= 0.6 is 12.4 Å². The molecule has 0 bridgehead atoms. The van der Waals surface area contributed by atoms with E-state index in [9.17, 15) is 14.4 Å². The summed E-state index contributed by atoms with van der Waals surface area (Å²) in [7, 11) is 0. The average Bonchev–Trinajstić information content (AvgIpc) is 3.27. The van der Waals surface area contributed by atoms with E-state index in [0.29, 0.717) is 25.2 Å². The van der Waals surface area contributed by atoms with Crippen LogP contribution in [-0.4, -0.2) is 60.9 Å². The third kappa shape index (κ3) is 6.44. The molecule has 8 heteroatoms. The number of nitrogens with zero attached hydrogens (tertiary/aromatic N) is 1. The van der Waals surface area contributed by atoms with Crippen LogP contribution in [0.5, 0.6) is 0 Å². The minimum Gasteiger partial charge on any atom is -0.354 e. The van der Waals surface area contributed by atoms with Gasteiger partial charge in [-0.25, -0.2) is 0 Å². The van der Waals surface area contributed by atoms with Gasteiger partial charge in [0, 0.05) is 25.2 Å². The van der Waals surface area contributed by atoms with Crippen molar-refractivity contribution in [1.82, 2.24) is 20.9 Å². The number of carbonyl (C=O) groups excluding carboxylic acids is 3. The number of hydrogen-bond acceptors (Lipinski definition) is 4. The highest BCUT2D eigenvalue weighted by atomic mass is 35.5. The molecule has 2 saturated heterocycles. The zero-order valence-corrected chi connectivity index (χ0v) is 17.7. The van der Waals surface area contributed by atoms with Gasteiger partial charge in [-0.05, 0) is 57.2 Å². The van der Waals surface area contributed by atoms with E-state index in [2.05, 4.69) is 16.0 Å². The third-order valence-electron chi connectivity index (χ3n) is 5.53. The molecule has 0 aromatic heterocycles. The molecular formula is C21H31ClN4O3. The Kier molecular flexibility index (Phi) is 8.92. The van der Waals surface area contributed by atoms with Crippen molar-refractivity contribution in [3.8, 4) is 0 Å². The minimum atomic E-state index is -0.580. The van der Waals surface area contributed by atoms with Crippen molar-refractivity contribution < 1.29 is 14.4 Å². The van der Waals surface area contributed by atoms with Gasteiger partial charge in [-0.15, -0.1) is 12.4 Å². The van der Waals surface area contributed by atoms with Crippen molar-refractivity contribution in [2.45, 2.75) is 44.7 Å². The fourth-order valence-corrected chi connectivity index (χ4v) is 3.91. The Morgan fingerprint density at radius 1 is 1.17 bits per heavy atom. The van der Waals surface area contributed by atoms with Gasteiger partial charge in [0.1, 0.15) is 6.04 Å². The quantitative estimate of drug-likeness (QED) is 0.645. The molecule has 2 fully saturated rings. The van der Waals surface area contributed by atoms with E-state index in [4.69, 9.17) is 0 Å². The van der Waals surface area contributed by atoms with Gasteiger partial charge in [0.25, 0.3) is 5.91 Å². The van der Waals surface area contributed by atoms with Crippen LogP contribution in [-0.2, 0) is 9.59 Å². The predicted octanol–water partition coefficient (Wildman–Crippen LogP) is 1.33. The molecule has 7 nitrogen and oxygen atoms in total. The van der Waals surface area contributed by atoms with Crippen LogP contribution in [0.1, 0.15) is 43.0 Å². The van der Waals surface area contributed by atoms with Crippen molar-refractivity contribution in [2.24, 2.45) is 5.92 Å². The maximum Gasteiger partial charge on any atom is 0.251 e. The molecule has 29 heavy (non-hydrogen) atoms. The van der Waals surface area contributed by atoms with E-state index in [-0.39, 0.29) is 42.1 Å². The van der Waals surface area contributed by atoms with Crippen LogP contribution in [0.15, 0.2) is 30.3 Å². The monoisotopic (exact) mass is 422 g/mol. The molecule has 2 aliphatic rings. The Balaban J connectivity index is 0.00000300. The van der Waals surface area contributed by atoms with Gasteiger partial charge in [0.2, 0.25) is 11.8 Å². The van der Waals surface area contributed by atoms with E-state index in [0.717, 1.165) is 32.2 Å². The van der Waals surface area contributed by atoms with E-state index in [1.165, 1.54) is 0 Å². The van der Waals surface area contributed by atoms with Crippen molar-refractivity contribution in [3.05, 3.63) is 35.9 Å². The molecule has 3 unspecified atom stereocenters. The lowest BCUT2D eigenvalue weighted by Crippen LogP contribution is -2.51. The number of piperidine rings is 1. The summed E-state index contributed by atoms with van der Waals surface area (Å²) in [6.45, 7) is 4.52. The number of likely N-dealkylation sites (tertiary alicyclic amines) is 1. The Morgan fingerprint density at radius 3 is 2.62 bits per heavy atom. The van der Waals surface area contributed by atoms with Crippen molar-refractivity contribution >= 4 is 30.1 Å². The molecule has 0 radical (unpaired) electrons. The maximum absolute atomic E-state index is 12.8. The average molecular weight is 423 g/mol. The van der Waals surface area contributed by atoms with E-state index < -0.39 is 6.04 Å². The molecule has 1 aromatic rings. The lowest BCUT2D eigenvalue weighted by molar-refractivity contribution is -0.134. The summed E-state index contributed by atoms with van der Waals surface area (Å²) < 4.78 is 0. The van der Waals surface area contributed by atoms with Gasteiger partial charge in [0.05, 0.1) is 6.04 Å². The Hall–Kier alpha value is -2.12. The van der Waals surface area contributed by atoms with Gasteiger partial charge < -0.3 is 20.9 Å².